The van der Waals surface area contributed by atoms with E-state index in [0.717, 1.165) is 6.42 Å². The molecule has 0 saturated carbocycles. The third-order valence-electron chi connectivity index (χ3n) is 5.99. The molecule has 0 amide bonds. The van der Waals surface area contributed by atoms with Crippen molar-refractivity contribution in [3.8, 4) is 11.1 Å². The van der Waals surface area contributed by atoms with Crippen molar-refractivity contribution in [1.82, 2.24) is 4.90 Å². The standard InChI is InChI=1S/C23H22N2/c1-15-21-14-22-18-7-5-4-6-17(18)8-9-20(22)19(21)10-11-23(15)25-13-12-24(3)16(25)2/h4-13,16H,14H2,1-3H3/t16-/m0/s1. The van der Waals surface area contributed by atoms with Crippen LogP contribution in [0.15, 0.2) is 60.9 Å². The summed E-state index contributed by atoms with van der Waals surface area (Å²) in [6.07, 6.45) is 5.74. The van der Waals surface area contributed by atoms with Crippen LogP contribution in [0.5, 0.6) is 0 Å². The number of anilines is 1. The highest BCUT2D eigenvalue weighted by Gasteiger charge is 2.27. The summed E-state index contributed by atoms with van der Waals surface area (Å²) in [6, 6.07) is 17.9. The second kappa shape index (κ2) is 5.13. The summed E-state index contributed by atoms with van der Waals surface area (Å²) in [5.41, 5.74) is 8.51. The molecular weight excluding hydrogens is 304 g/mol. The maximum atomic E-state index is 2.37. The first-order valence-electron chi connectivity index (χ1n) is 8.97. The maximum Gasteiger partial charge on any atom is 0.102 e. The summed E-state index contributed by atoms with van der Waals surface area (Å²) in [7, 11) is 2.13. The van der Waals surface area contributed by atoms with Gasteiger partial charge in [-0.25, -0.2) is 0 Å². The first-order valence-corrected chi connectivity index (χ1v) is 8.97. The molecule has 2 heteroatoms. The number of fused-ring (bicyclic) bond motifs is 5. The summed E-state index contributed by atoms with van der Waals surface area (Å²) in [5, 5.41) is 2.73. The third-order valence-corrected chi connectivity index (χ3v) is 5.99. The zero-order chi connectivity index (χ0) is 17.1. The van der Waals surface area contributed by atoms with Gasteiger partial charge in [-0.2, -0.15) is 0 Å². The molecule has 0 N–H and O–H groups in total. The van der Waals surface area contributed by atoms with Gasteiger partial charge in [0.15, 0.2) is 0 Å². The van der Waals surface area contributed by atoms with Crippen LogP contribution in [0.4, 0.5) is 5.69 Å². The SMILES string of the molecule is Cc1c(N2C=CN(C)[C@@H]2C)ccc2c1Cc1c-2ccc2ccccc12. The van der Waals surface area contributed by atoms with E-state index < -0.39 is 0 Å². The number of nitrogens with zero attached hydrogens (tertiary/aromatic N) is 2. The Morgan fingerprint density at radius 2 is 1.64 bits per heavy atom. The fourth-order valence-electron chi connectivity index (χ4n) is 4.36. The second-order valence-electron chi connectivity index (χ2n) is 7.23. The molecule has 1 aliphatic heterocycles. The van der Waals surface area contributed by atoms with Crippen LogP contribution in [0.3, 0.4) is 0 Å². The number of hydrogen-bond acceptors (Lipinski definition) is 2. The molecule has 124 valence electrons. The molecular formula is C23H22N2. The van der Waals surface area contributed by atoms with Gasteiger partial charge in [-0.15, -0.1) is 0 Å². The van der Waals surface area contributed by atoms with Crippen LogP contribution in [0, 0.1) is 6.92 Å². The van der Waals surface area contributed by atoms with Crippen LogP contribution in [0.1, 0.15) is 23.6 Å². The summed E-state index contributed by atoms with van der Waals surface area (Å²) < 4.78 is 0. The highest BCUT2D eigenvalue weighted by atomic mass is 15.4. The zero-order valence-electron chi connectivity index (χ0n) is 15.0. The average molecular weight is 326 g/mol. The van der Waals surface area contributed by atoms with Gasteiger partial charge in [0.1, 0.15) is 6.17 Å². The van der Waals surface area contributed by atoms with E-state index in [0.29, 0.717) is 6.17 Å². The molecule has 2 aliphatic rings. The van der Waals surface area contributed by atoms with Gasteiger partial charge in [-0.1, -0.05) is 42.5 Å². The molecule has 5 rings (SSSR count). The van der Waals surface area contributed by atoms with E-state index in [1.807, 2.05) is 0 Å². The monoisotopic (exact) mass is 326 g/mol. The Morgan fingerprint density at radius 3 is 2.44 bits per heavy atom. The highest BCUT2D eigenvalue weighted by molar-refractivity contribution is 5.96. The molecule has 0 bridgehead atoms. The minimum absolute atomic E-state index is 0.362. The van der Waals surface area contributed by atoms with E-state index in [-0.39, 0.29) is 0 Å². The second-order valence-corrected chi connectivity index (χ2v) is 7.23. The van der Waals surface area contributed by atoms with Crippen molar-refractivity contribution in [3.63, 3.8) is 0 Å². The minimum atomic E-state index is 0.362. The molecule has 0 fully saturated rings. The van der Waals surface area contributed by atoms with Crippen LogP contribution >= 0.6 is 0 Å². The van der Waals surface area contributed by atoms with Gasteiger partial charge in [0.05, 0.1) is 0 Å². The van der Waals surface area contributed by atoms with E-state index in [2.05, 4.69) is 91.6 Å². The zero-order valence-corrected chi connectivity index (χ0v) is 15.0. The van der Waals surface area contributed by atoms with Gasteiger partial charge in [0.2, 0.25) is 0 Å². The van der Waals surface area contributed by atoms with Crippen LogP contribution in [0.2, 0.25) is 0 Å². The lowest BCUT2D eigenvalue weighted by Crippen LogP contribution is -2.33. The van der Waals surface area contributed by atoms with Crippen molar-refractivity contribution >= 4 is 16.5 Å². The lowest BCUT2D eigenvalue weighted by Gasteiger charge is -2.29. The van der Waals surface area contributed by atoms with Crippen LogP contribution in [-0.4, -0.2) is 18.1 Å². The van der Waals surface area contributed by atoms with Crippen LogP contribution < -0.4 is 4.90 Å². The Kier molecular flexibility index (Phi) is 2.99. The Balaban J connectivity index is 1.66. The third kappa shape index (κ3) is 1.97. The molecule has 1 heterocycles. The Hall–Kier alpha value is -2.74. The Morgan fingerprint density at radius 1 is 0.880 bits per heavy atom. The quantitative estimate of drug-likeness (QED) is 0.469. The molecule has 3 aromatic carbocycles. The van der Waals surface area contributed by atoms with E-state index in [4.69, 9.17) is 0 Å². The number of rotatable bonds is 1. The summed E-state index contributed by atoms with van der Waals surface area (Å²) in [6.45, 7) is 4.52. The molecule has 2 nitrogen and oxygen atoms in total. The van der Waals surface area contributed by atoms with Gasteiger partial charge < -0.3 is 9.80 Å². The van der Waals surface area contributed by atoms with Crippen molar-refractivity contribution < 1.29 is 0 Å². The fraction of sp³-hybridized carbons (Fsp3) is 0.217. The van der Waals surface area contributed by atoms with Gasteiger partial charge >= 0.3 is 0 Å². The van der Waals surface area contributed by atoms with Crippen molar-refractivity contribution in [2.75, 3.05) is 11.9 Å². The summed E-state index contributed by atoms with van der Waals surface area (Å²) in [4.78, 5) is 4.62. The predicted molar refractivity (Wildman–Crippen MR) is 106 cm³/mol. The normalized spacial score (nSPS) is 18.1. The number of hydrogen-bond donors (Lipinski definition) is 0. The molecule has 0 saturated heterocycles. The topological polar surface area (TPSA) is 6.48 Å². The lowest BCUT2D eigenvalue weighted by atomic mass is 9.99. The van der Waals surface area contributed by atoms with Crippen molar-refractivity contribution in [3.05, 3.63) is 77.6 Å². The van der Waals surface area contributed by atoms with Gasteiger partial charge in [0.25, 0.3) is 0 Å². The largest absolute Gasteiger partial charge is 0.359 e. The first kappa shape index (κ1) is 14.6. The minimum Gasteiger partial charge on any atom is -0.359 e. The van der Waals surface area contributed by atoms with Crippen LogP contribution in [-0.2, 0) is 6.42 Å². The summed E-state index contributed by atoms with van der Waals surface area (Å²) in [5.74, 6) is 0. The maximum absolute atomic E-state index is 2.37. The highest BCUT2D eigenvalue weighted by Crippen LogP contribution is 2.44. The van der Waals surface area contributed by atoms with Crippen LogP contribution in [0.25, 0.3) is 21.9 Å². The van der Waals surface area contributed by atoms with Crippen molar-refractivity contribution in [2.24, 2.45) is 0 Å². The van der Waals surface area contributed by atoms with E-state index >= 15 is 0 Å². The molecule has 3 aromatic rings. The molecule has 25 heavy (non-hydrogen) atoms. The summed E-state index contributed by atoms with van der Waals surface area (Å²) >= 11 is 0. The Labute approximate surface area is 149 Å². The average Bonchev–Trinajstić information content (AvgIpc) is 3.17. The molecule has 1 atom stereocenters. The molecule has 1 aliphatic carbocycles. The molecule has 0 spiro atoms. The van der Waals surface area contributed by atoms with Gasteiger partial charge in [-0.05, 0) is 64.9 Å². The van der Waals surface area contributed by atoms with Gasteiger partial charge in [0, 0.05) is 25.1 Å². The van der Waals surface area contributed by atoms with E-state index in [1.54, 1.807) is 0 Å². The predicted octanol–water partition coefficient (Wildman–Crippen LogP) is 5.29. The number of benzene rings is 3. The van der Waals surface area contributed by atoms with Gasteiger partial charge in [-0.3, -0.25) is 0 Å². The fourth-order valence-corrected chi connectivity index (χ4v) is 4.36. The van der Waals surface area contributed by atoms with E-state index in [1.165, 1.54) is 44.3 Å². The van der Waals surface area contributed by atoms with Crippen molar-refractivity contribution in [1.29, 1.82) is 0 Å². The molecule has 0 unspecified atom stereocenters. The first-order chi connectivity index (χ1) is 12.1. The molecule has 0 radical (unpaired) electrons. The Bertz CT molecular complexity index is 1030. The molecule has 0 aromatic heterocycles. The van der Waals surface area contributed by atoms with E-state index in [9.17, 15) is 0 Å². The van der Waals surface area contributed by atoms with Crippen molar-refractivity contribution in [2.45, 2.75) is 26.4 Å². The smallest absolute Gasteiger partial charge is 0.102 e. The lowest BCUT2D eigenvalue weighted by molar-refractivity contribution is 0.383.